The number of benzene rings is 2. The Labute approximate surface area is 211 Å². The molecule has 0 atom stereocenters. The van der Waals surface area contributed by atoms with Gasteiger partial charge in [-0.1, -0.05) is 54.2 Å². The summed E-state index contributed by atoms with van der Waals surface area (Å²) in [6.07, 6.45) is 0.774. The van der Waals surface area contributed by atoms with E-state index in [1.165, 1.54) is 17.3 Å². The molecule has 1 aliphatic heterocycles. The van der Waals surface area contributed by atoms with Crippen molar-refractivity contribution in [3.63, 3.8) is 0 Å². The highest BCUT2D eigenvalue weighted by Crippen LogP contribution is 2.20. The second kappa shape index (κ2) is 11.6. The molecule has 184 valence electrons. The van der Waals surface area contributed by atoms with Gasteiger partial charge in [-0.05, 0) is 43.5 Å². The molecule has 0 unspecified atom stereocenters. The first-order valence-electron chi connectivity index (χ1n) is 12.0. The number of imidazole rings is 1. The van der Waals surface area contributed by atoms with E-state index < -0.39 is 0 Å². The van der Waals surface area contributed by atoms with Crippen molar-refractivity contribution in [2.75, 3.05) is 43.8 Å². The Hall–Kier alpha value is -3.10. The topological polar surface area (TPSA) is 81.3 Å². The summed E-state index contributed by atoms with van der Waals surface area (Å²) in [6.45, 7) is 9.05. The molecule has 0 saturated carbocycles. The van der Waals surface area contributed by atoms with Crippen LogP contribution in [0.25, 0.3) is 0 Å². The lowest BCUT2D eigenvalue weighted by Crippen LogP contribution is -2.50. The summed E-state index contributed by atoms with van der Waals surface area (Å²) in [5.41, 5.74) is 6.38. The number of aromatic nitrogens is 2. The normalized spacial score (nSPS) is 14.2. The highest BCUT2D eigenvalue weighted by Gasteiger charge is 2.23. The first kappa shape index (κ1) is 25.0. The van der Waals surface area contributed by atoms with E-state index in [2.05, 4.69) is 27.3 Å². The number of thioether (sulfide) groups is 1. The van der Waals surface area contributed by atoms with Crippen molar-refractivity contribution in [2.45, 2.75) is 32.3 Å². The molecule has 1 aromatic heterocycles. The van der Waals surface area contributed by atoms with Crippen LogP contribution in [0.3, 0.4) is 0 Å². The molecule has 2 amide bonds. The molecular weight excluding hydrogens is 458 g/mol. The fraction of sp³-hybridized carbons (Fsp3) is 0.370. The van der Waals surface area contributed by atoms with Gasteiger partial charge in [0.1, 0.15) is 0 Å². The van der Waals surface area contributed by atoms with E-state index in [0.29, 0.717) is 38.5 Å². The Morgan fingerprint density at radius 2 is 1.74 bits per heavy atom. The summed E-state index contributed by atoms with van der Waals surface area (Å²) >= 11 is 1.45. The third kappa shape index (κ3) is 6.74. The third-order valence-corrected chi connectivity index (χ3v) is 7.34. The monoisotopic (exact) mass is 491 g/mol. The van der Waals surface area contributed by atoms with Gasteiger partial charge in [0.15, 0.2) is 5.16 Å². The van der Waals surface area contributed by atoms with Gasteiger partial charge >= 0.3 is 0 Å². The molecule has 7 nitrogen and oxygen atoms in total. The van der Waals surface area contributed by atoms with Crippen LogP contribution in [0.2, 0.25) is 0 Å². The summed E-state index contributed by atoms with van der Waals surface area (Å²) in [5.74, 6) is 0.437. The number of nitrogens with zero attached hydrogens (tertiary/aromatic N) is 3. The first-order chi connectivity index (χ1) is 16.9. The molecule has 4 rings (SSSR count). The van der Waals surface area contributed by atoms with E-state index in [0.717, 1.165) is 39.8 Å². The van der Waals surface area contributed by atoms with Gasteiger partial charge in [0.05, 0.1) is 18.0 Å². The van der Waals surface area contributed by atoms with Crippen molar-refractivity contribution >= 4 is 29.3 Å². The molecule has 0 radical (unpaired) electrons. The molecule has 1 aliphatic rings. The van der Waals surface area contributed by atoms with Crippen LogP contribution in [0.5, 0.6) is 0 Å². The number of nitrogens with one attached hydrogen (secondary N) is 2. The molecule has 0 aliphatic carbocycles. The van der Waals surface area contributed by atoms with Gasteiger partial charge in [-0.15, -0.1) is 0 Å². The molecule has 2 N–H and O–H groups in total. The Morgan fingerprint density at radius 1 is 1.00 bits per heavy atom. The second-order valence-corrected chi connectivity index (χ2v) is 9.98. The van der Waals surface area contributed by atoms with E-state index in [1.54, 1.807) is 0 Å². The van der Waals surface area contributed by atoms with Gasteiger partial charge in [0.2, 0.25) is 11.8 Å². The summed E-state index contributed by atoms with van der Waals surface area (Å²) < 4.78 is 0. The zero-order valence-electron chi connectivity index (χ0n) is 20.6. The zero-order chi connectivity index (χ0) is 24.8. The van der Waals surface area contributed by atoms with E-state index in [-0.39, 0.29) is 11.8 Å². The maximum Gasteiger partial charge on any atom is 0.238 e. The number of carbonyl (C=O) groups is 2. The average Bonchev–Trinajstić information content (AvgIpc) is 3.20. The predicted octanol–water partition coefficient (Wildman–Crippen LogP) is 3.80. The van der Waals surface area contributed by atoms with E-state index >= 15 is 0 Å². The van der Waals surface area contributed by atoms with Crippen molar-refractivity contribution in [3.05, 3.63) is 76.6 Å². The Bertz CT molecular complexity index is 1170. The number of carbonyl (C=O) groups excluding carboxylic acids is 2. The minimum atomic E-state index is -0.0199. The lowest BCUT2D eigenvalue weighted by atomic mass is 10.1. The predicted molar refractivity (Wildman–Crippen MR) is 141 cm³/mol. The van der Waals surface area contributed by atoms with Crippen molar-refractivity contribution < 1.29 is 9.59 Å². The van der Waals surface area contributed by atoms with Crippen LogP contribution >= 0.6 is 11.8 Å². The van der Waals surface area contributed by atoms with Crippen LogP contribution in [0.15, 0.2) is 53.7 Å². The standard InChI is InChI=1S/C27H33N5O2S/c1-19-8-7-11-23(20(19)2)29-25(33)17-31-12-14-32(15-13-31)26(34)18-35-27-28-21(3)24(30-27)16-22-9-5-4-6-10-22/h4-11H,12-18H2,1-3H3,(H,28,30)(H,29,33). The zero-order valence-corrected chi connectivity index (χ0v) is 21.5. The van der Waals surface area contributed by atoms with E-state index in [4.69, 9.17) is 4.98 Å². The maximum atomic E-state index is 12.8. The molecule has 8 heteroatoms. The lowest BCUT2D eigenvalue weighted by molar-refractivity contribution is -0.130. The average molecular weight is 492 g/mol. The van der Waals surface area contributed by atoms with Crippen LogP contribution in [0.4, 0.5) is 5.69 Å². The third-order valence-electron chi connectivity index (χ3n) is 6.48. The van der Waals surface area contributed by atoms with Crippen LogP contribution in [-0.4, -0.2) is 70.1 Å². The number of rotatable bonds is 8. The molecule has 0 spiro atoms. The molecule has 2 heterocycles. The smallest absolute Gasteiger partial charge is 0.238 e. The van der Waals surface area contributed by atoms with Crippen LogP contribution in [0, 0.1) is 20.8 Å². The minimum Gasteiger partial charge on any atom is -0.339 e. The maximum absolute atomic E-state index is 12.8. The molecule has 35 heavy (non-hydrogen) atoms. The molecule has 2 aromatic carbocycles. The second-order valence-electron chi connectivity index (χ2n) is 9.02. The Kier molecular flexibility index (Phi) is 8.25. The highest BCUT2D eigenvalue weighted by atomic mass is 32.2. The van der Waals surface area contributed by atoms with Crippen molar-refractivity contribution in [1.29, 1.82) is 0 Å². The van der Waals surface area contributed by atoms with Crippen molar-refractivity contribution in [3.8, 4) is 0 Å². The fourth-order valence-corrected chi connectivity index (χ4v) is 5.00. The van der Waals surface area contributed by atoms with Crippen LogP contribution in [0.1, 0.15) is 28.1 Å². The van der Waals surface area contributed by atoms with E-state index in [1.807, 2.05) is 62.1 Å². The SMILES string of the molecule is Cc1cccc(NC(=O)CN2CCN(C(=O)CSc3nc(Cc4ccccc4)c(C)[nH]3)CC2)c1C. The van der Waals surface area contributed by atoms with Crippen LogP contribution < -0.4 is 5.32 Å². The number of amides is 2. The Morgan fingerprint density at radius 3 is 2.49 bits per heavy atom. The summed E-state index contributed by atoms with van der Waals surface area (Å²) in [5, 5.41) is 3.80. The number of anilines is 1. The highest BCUT2D eigenvalue weighted by molar-refractivity contribution is 7.99. The number of aryl methyl sites for hydroxylation is 2. The fourth-order valence-electron chi connectivity index (χ4n) is 4.15. The number of H-pyrrole nitrogens is 1. The lowest BCUT2D eigenvalue weighted by Gasteiger charge is -2.34. The van der Waals surface area contributed by atoms with Gasteiger partial charge in [0, 0.05) is 44.0 Å². The molecular formula is C27H33N5O2S. The molecule has 1 saturated heterocycles. The number of hydrogen-bond donors (Lipinski definition) is 2. The molecule has 3 aromatic rings. The Balaban J connectivity index is 1.20. The first-order valence-corrected chi connectivity index (χ1v) is 13.0. The summed E-state index contributed by atoms with van der Waals surface area (Å²) in [7, 11) is 0. The largest absolute Gasteiger partial charge is 0.339 e. The van der Waals surface area contributed by atoms with Gasteiger partial charge in [-0.3, -0.25) is 14.5 Å². The molecule has 0 bridgehead atoms. The number of aromatic amines is 1. The van der Waals surface area contributed by atoms with Crippen molar-refractivity contribution in [2.24, 2.45) is 0 Å². The van der Waals surface area contributed by atoms with Gasteiger partial charge in [-0.25, -0.2) is 4.98 Å². The quantitative estimate of drug-likeness (QED) is 0.469. The summed E-state index contributed by atoms with van der Waals surface area (Å²) in [6, 6.07) is 16.2. The van der Waals surface area contributed by atoms with Gasteiger partial charge in [0.25, 0.3) is 0 Å². The van der Waals surface area contributed by atoms with Crippen LogP contribution in [-0.2, 0) is 16.0 Å². The van der Waals surface area contributed by atoms with Gasteiger partial charge in [-0.2, -0.15) is 0 Å². The summed E-state index contributed by atoms with van der Waals surface area (Å²) in [4.78, 5) is 37.3. The minimum absolute atomic E-state index is 0.0199. The van der Waals surface area contributed by atoms with Gasteiger partial charge < -0.3 is 15.2 Å². The number of hydrogen-bond acceptors (Lipinski definition) is 5. The number of piperazine rings is 1. The molecule has 1 fully saturated rings. The van der Waals surface area contributed by atoms with Crippen molar-refractivity contribution in [1.82, 2.24) is 19.8 Å². The van der Waals surface area contributed by atoms with E-state index in [9.17, 15) is 9.59 Å².